The van der Waals surface area contributed by atoms with Crippen molar-refractivity contribution < 1.29 is 27.5 Å². The maximum absolute atomic E-state index is 13.3. The van der Waals surface area contributed by atoms with E-state index >= 15 is 0 Å². The Labute approximate surface area is 224 Å². The standard InChI is InChI=1S/C27H27FN4O2.C2H3F3/c1-5-31(17-26(33)29-4)24-8-6-7-23(18(24)2)27(3,34)20-9-14-25-19(15-20)16-30-32(25)22-12-10-21(28)11-13-22;1-2(3,4)5/h5-16,34H,1,17H2,2-4H3,(H,29,33);1H3. The molecule has 2 N–H and O–H groups in total. The van der Waals surface area contributed by atoms with Gasteiger partial charge in [0, 0.05) is 25.0 Å². The van der Waals surface area contributed by atoms with Crippen molar-refractivity contribution in [3.05, 3.63) is 102 Å². The predicted molar refractivity (Wildman–Crippen MR) is 144 cm³/mol. The van der Waals surface area contributed by atoms with E-state index in [1.807, 2.05) is 43.3 Å². The molecule has 1 atom stereocenters. The number of aliphatic hydroxyl groups is 1. The minimum absolute atomic E-state index is 0.126. The fourth-order valence-electron chi connectivity index (χ4n) is 4.22. The van der Waals surface area contributed by atoms with Crippen LogP contribution in [0.2, 0.25) is 0 Å². The topological polar surface area (TPSA) is 70.4 Å². The van der Waals surface area contributed by atoms with Gasteiger partial charge in [0.15, 0.2) is 0 Å². The lowest BCUT2D eigenvalue weighted by atomic mass is 9.84. The minimum Gasteiger partial charge on any atom is -0.381 e. The van der Waals surface area contributed by atoms with Crippen molar-refractivity contribution in [1.82, 2.24) is 15.1 Å². The van der Waals surface area contributed by atoms with Crippen LogP contribution in [0.25, 0.3) is 16.6 Å². The number of rotatable bonds is 7. The van der Waals surface area contributed by atoms with Crippen molar-refractivity contribution in [3.8, 4) is 5.69 Å². The van der Waals surface area contributed by atoms with Crippen LogP contribution in [-0.4, -0.2) is 40.6 Å². The Morgan fingerprint density at radius 1 is 1.13 bits per heavy atom. The lowest BCUT2D eigenvalue weighted by molar-refractivity contribution is -0.119. The first-order chi connectivity index (χ1) is 18.3. The Bertz CT molecular complexity index is 1450. The fourth-order valence-corrected chi connectivity index (χ4v) is 4.22. The van der Waals surface area contributed by atoms with Crippen molar-refractivity contribution in [1.29, 1.82) is 0 Å². The maximum atomic E-state index is 13.3. The quantitative estimate of drug-likeness (QED) is 0.282. The van der Waals surface area contributed by atoms with E-state index in [4.69, 9.17) is 0 Å². The second-order valence-corrected chi connectivity index (χ2v) is 9.09. The lowest BCUT2D eigenvalue weighted by Crippen LogP contribution is -2.33. The third-order valence-corrected chi connectivity index (χ3v) is 6.15. The first kappa shape index (κ1) is 29.4. The summed E-state index contributed by atoms with van der Waals surface area (Å²) in [6.07, 6.45) is -0.670. The van der Waals surface area contributed by atoms with Crippen LogP contribution >= 0.6 is 0 Å². The van der Waals surface area contributed by atoms with Crippen LogP contribution in [0.1, 0.15) is 30.5 Å². The van der Waals surface area contributed by atoms with Crippen LogP contribution in [-0.2, 0) is 10.4 Å². The molecule has 0 aliphatic heterocycles. The van der Waals surface area contributed by atoms with E-state index in [0.29, 0.717) is 5.56 Å². The van der Waals surface area contributed by atoms with Crippen molar-refractivity contribution >= 4 is 22.5 Å². The smallest absolute Gasteiger partial charge is 0.381 e. The third-order valence-electron chi connectivity index (χ3n) is 6.15. The molecule has 4 rings (SSSR count). The number of halogens is 4. The summed E-state index contributed by atoms with van der Waals surface area (Å²) in [5.41, 5.74) is 3.36. The molecule has 0 bridgehead atoms. The number of carbonyl (C=O) groups is 1. The molecule has 6 nitrogen and oxygen atoms in total. The Morgan fingerprint density at radius 2 is 1.77 bits per heavy atom. The maximum Gasteiger partial charge on any atom is 0.386 e. The zero-order valence-corrected chi connectivity index (χ0v) is 22.1. The van der Waals surface area contributed by atoms with Gasteiger partial charge in [0.1, 0.15) is 18.0 Å². The molecule has 0 fully saturated rings. The van der Waals surface area contributed by atoms with Gasteiger partial charge in [-0.2, -0.15) is 18.3 Å². The predicted octanol–water partition coefficient (Wildman–Crippen LogP) is 5.99. The number of hydrogen-bond acceptors (Lipinski definition) is 4. The van der Waals surface area contributed by atoms with E-state index in [1.54, 1.807) is 48.1 Å². The number of alkyl halides is 3. The van der Waals surface area contributed by atoms with Crippen LogP contribution in [0.5, 0.6) is 0 Å². The summed E-state index contributed by atoms with van der Waals surface area (Å²) in [4.78, 5) is 13.7. The number of likely N-dealkylation sites (N-methyl/N-ethyl adjacent to an activating group) is 1. The highest BCUT2D eigenvalue weighted by atomic mass is 19.4. The van der Waals surface area contributed by atoms with E-state index in [2.05, 4.69) is 17.0 Å². The second-order valence-electron chi connectivity index (χ2n) is 9.09. The number of aromatic nitrogens is 2. The molecule has 3 aromatic carbocycles. The van der Waals surface area contributed by atoms with Crippen LogP contribution in [0.4, 0.5) is 23.2 Å². The molecule has 1 aromatic heterocycles. The summed E-state index contributed by atoms with van der Waals surface area (Å²) in [5.74, 6) is -0.443. The summed E-state index contributed by atoms with van der Waals surface area (Å²) >= 11 is 0. The molecular weight excluding hydrogens is 512 g/mol. The number of nitrogens with one attached hydrogen (secondary N) is 1. The van der Waals surface area contributed by atoms with Gasteiger partial charge in [-0.15, -0.1) is 0 Å². The second kappa shape index (κ2) is 11.7. The highest BCUT2D eigenvalue weighted by molar-refractivity contribution is 5.83. The van der Waals surface area contributed by atoms with Gasteiger partial charge in [-0.25, -0.2) is 9.07 Å². The van der Waals surface area contributed by atoms with E-state index in [0.717, 1.165) is 33.4 Å². The molecule has 0 saturated heterocycles. The SMILES string of the molecule is C=CN(CC(=O)NC)c1cccc(C(C)(O)c2ccc3c(cnn3-c3ccc(F)cc3)c2)c1C.CC(F)(F)F. The Morgan fingerprint density at radius 3 is 2.36 bits per heavy atom. The fraction of sp³-hybridized carbons (Fsp3) is 0.241. The molecule has 4 aromatic rings. The molecule has 1 unspecified atom stereocenters. The highest BCUT2D eigenvalue weighted by Crippen LogP contribution is 2.36. The van der Waals surface area contributed by atoms with Crippen molar-refractivity contribution in [2.24, 2.45) is 0 Å². The molecule has 0 radical (unpaired) electrons. The van der Waals surface area contributed by atoms with E-state index in [1.165, 1.54) is 12.1 Å². The first-order valence-corrected chi connectivity index (χ1v) is 12.0. The largest absolute Gasteiger partial charge is 0.386 e. The number of amides is 1. The average Bonchev–Trinajstić information content (AvgIpc) is 3.30. The summed E-state index contributed by atoms with van der Waals surface area (Å²) in [6, 6.07) is 17.4. The highest BCUT2D eigenvalue weighted by Gasteiger charge is 2.29. The van der Waals surface area contributed by atoms with Crippen molar-refractivity contribution in [2.45, 2.75) is 32.5 Å². The Balaban J connectivity index is 0.000000771. The van der Waals surface area contributed by atoms with Gasteiger partial charge in [0.2, 0.25) is 5.91 Å². The number of nitrogens with zero attached hydrogens (tertiary/aromatic N) is 3. The number of carbonyl (C=O) groups excluding carboxylic acids is 1. The van der Waals surface area contributed by atoms with E-state index in [9.17, 15) is 27.5 Å². The molecule has 1 heterocycles. The van der Waals surface area contributed by atoms with E-state index in [-0.39, 0.29) is 25.2 Å². The zero-order chi connectivity index (χ0) is 29.0. The van der Waals surface area contributed by atoms with Gasteiger partial charge in [-0.1, -0.05) is 24.8 Å². The normalized spacial score (nSPS) is 12.7. The van der Waals surface area contributed by atoms with Crippen LogP contribution in [0.15, 0.2) is 79.6 Å². The molecule has 39 heavy (non-hydrogen) atoms. The van der Waals surface area contributed by atoms with Crippen molar-refractivity contribution in [2.75, 3.05) is 18.5 Å². The number of benzene rings is 3. The number of fused-ring (bicyclic) bond motifs is 1. The van der Waals surface area contributed by atoms with Gasteiger partial charge in [0.25, 0.3) is 0 Å². The van der Waals surface area contributed by atoms with Gasteiger partial charge >= 0.3 is 6.18 Å². The number of hydrogen-bond donors (Lipinski definition) is 2. The third kappa shape index (κ3) is 7.02. The monoisotopic (exact) mass is 542 g/mol. The van der Waals surface area contributed by atoms with Crippen LogP contribution < -0.4 is 10.2 Å². The molecule has 0 spiro atoms. The van der Waals surface area contributed by atoms with Crippen LogP contribution in [0.3, 0.4) is 0 Å². The molecule has 1 amide bonds. The van der Waals surface area contributed by atoms with Gasteiger partial charge in [0.05, 0.1) is 17.4 Å². The average molecular weight is 543 g/mol. The summed E-state index contributed by atoms with van der Waals surface area (Å²) < 4.78 is 46.1. The summed E-state index contributed by atoms with van der Waals surface area (Å²) in [7, 11) is 1.59. The zero-order valence-electron chi connectivity index (χ0n) is 22.1. The molecule has 10 heteroatoms. The van der Waals surface area contributed by atoms with Gasteiger partial charge in [-0.05, 0) is 79.2 Å². The first-order valence-electron chi connectivity index (χ1n) is 12.0. The van der Waals surface area contributed by atoms with Gasteiger partial charge < -0.3 is 15.3 Å². The Kier molecular flexibility index (Phi) is 8.81. The van der Waals surface area contributed by atoms with Crippen LogP contribution in [0, 0.1) is 12.7 Å². The molecular formula is C29H30F4N4O2. The molecule has 0 aliphatic carbocycles. The minimum atomic E-state index is -4.00. The molecule has 0 aliphatic rings. The lowest BCUT2D eigenvalue weighted by Gasteiger charge is -2.30. The van der Waals surface area contributed by atoms with Gasteiger partial charge in [-0.3, -0.25) is 4.79 Å². The summed E-state index contributed by atoms with van der Waals surface area (Å²) in [6.45, 7) is 7.82. The molecule has 0 saturated carbocycles. The van der Waals surface area contributed by atoms with Crippen molar-refractivity contribution in [3.63, 3.8) is 0 Å². The van der Waals surface area contributed by atoms with E-state index < -0.39 is 11.8 Å². The summed E-state index contributed by atoms with van der Waals surface area (Å²) in [5, 5.41) is 19.6. The Hall–Kier alpha value is -4.18. The molecule has 206 valence electrons. The number of anilines is 1.